The maximum Gasteiger partial charge on any atom is 0.420 e. The van der Waals surface area contributed by atoms with Crippen LogP contribution in [0.4, 0.5) is 16.3 Å². The number of anilines is 2. The molecule has 0 aliphatic carbocycles. The van der Waals surface area contributed by atoms with Crippen LogP contribution < -0.4 is 4.90 Å². The SMILES string of the molecule is CC(C)(C)OC(=O)N(c1cccc(Cl)c1)c1cc(I)ccn1. The van der Waals surface area contributed by atoms with Gasteiger partial charge in [-0.15, -0.1) is 0 Å². The molecule has 4 nitrogen and oxygen atoms in total. The number of amides is 1. The molecular formula is C16H16ClIN2O2. The number of carbonyl (C=O) groups excluding carboxylic acids is 1. The maximum absolute atomic E-state index is 12.6. The molecule has 0 atom stereocenters. The van der Waals surface area contributed by atoms with Gasteiger partial charge in [-0.3, -0.25) is 0 Å². The normalized spacial score (nSPS) is 11.1. The molecule has 0 radical (unpaired) electrons. The van der Waals surface area contributed by atoms with Crippen molar-refractivity contribution in [2.45, 2.75) is 26.4 Å². The van der Waals surface area contributed by atoms with Gasteiger partial charge in [0.1, 0.15) is 11.4 Å². The molecule has 22 heavy (non-hydrogen) atoms. The summed E-state index contributed by atoms with van der Waals surface area (Å²) in [5.41, 5.74) is 0.00629. The van der Waals surface area contributed by atoms with Crippen LogP contribution >= 0.6 is 34.2 Å². The van der Waals surface area contributed by atoms with E-state index in [1.54, 1.807) is 30.5 Å². The number of pyridine rings is 1. The summed E-state index contributed by atoms with van der Waals surface area (Å²) in [6.07, 6.45) is 1.16. The first-order valence-corrected chi connectivity index (χ1v) is 8.12. The van der Waals surface area contributed by atoms with E-state index >= 15 is 0 Å². The van der Waals surface area contributed by atoms with E-state index in [2.05, 4.69) is 27.6 Å². The summed E-state index contributed by atoms with van der Waals surface area (Å²) in [4.78, 5) is 18.3. The van der Waals surface area contributed by atoms with Crippen LogP contribution in [0.1, 0.15) is 20.8 Å². The quantitative estimate of drug-likeness (QED) is 0.598. The monoisotopic (exact) mass is 430 g/mol. The predicted octanol–water partition coefficient (Wildman–Crippen LogP) is 5.41. The lowest BCUT2D eigenvalue weighted by molar-refractivity contribution is 0.0598. The van der Waals surface area contributed by atoms with Crippen molar-refractivity contribution in [2.75, 3.05) is 4.90 Å². The third kappa shape index (κ3) is 4.58. The average molecular weight is 431 g/mol. The zero-order valence-electron chi connectivity index (χ0n) is 12.5. The van der Waals surface area contributed by atoms with Gasteiger partial charge in [0.15, 0.2) is 0 Å². The van der Waals surface area contributed by atoms with E-state index in [4.69, 9.17) is 16.3 Å². The average Bonchev–Trinajstić information content (AvgIpc) is 2.37. The molecule has 116 valence electrons. The van der Waals surface area contributed by atoms with Crippen molar-refractivity contribution in [3.8, 4) is 0 Å². The fourth-order valence-corrected chi connectivity index (χ4v) is 2.39. The molecule has 0 spiro atoms. The smallest absolute Gasteiger partial charge is 0.420 e. The van der Waals surface area contributed by atoms with Crippen molar-refractivity contribution in [2.24, 2.45) is 0 Å². The summed E-state index contributed by atoms with van der Waals surface area (Å²) in [5, 5.41) is 0.539. The molecule has 1 aromatic carbocycles. The third-order valence-electron chi connectivity index (χ3n) is 2.58. The molecule has 2 rings (SSSR count). The first-order chi connectivity index (χ1) is 10.3. The van der Waals surface area contributed by atoms with Crippen LogP contribution in [0.3, 0.4) is 0 Å². The molecule has 2 aromatic rings. The van der Waals surface area contributed by atoms with Crippen LogP contribution in [-0.4, -0.2) is 16.7 Å². The van der Waals surface area contributed by atoms with E-state index in [-0.39, 0.29) is 0 Å². The summed E-state index contributed by atoms with van der Waals surface area (Å²) < 4.78 is 6.46. The molecular weight excluding hydrogens is 415 g/mol. The minimum Gasteiger partial charge on any atom is -0.443 e. The number of hydrogen-bond acceptors (Lipinski definition) is 3. The van der Waals surface area contributed by atoms with Crippen molar-refractivity contribution in [1.82, 2.24) is 4.98 Å². The van der Waals surface area contributed by atoms with E-state index in [9.17, 15) is 4.79 Å². The minimum atomic E-state index is -0.601. The van der Waals surface area contributed by atoms with Gasteiger partial charge in [0.05, 0.1) is 5.69 Å². The van der Waals surface area contributed by atoms with Crippen LogP contribution in [0.25, 0.3) is 0 Å². The number of aromatic nitrogens is 1. The molecule has 0 aliphatic rings. The Morgan fingerprint density at radius 3 is 2.59 bits per heavy atom. The fourth-order valence-electron chi connectivity index (χ4n) is 1.77. The van der Waals surface area contributed by atoms with Crippen molar-refractivity contribution in [1.29, 1.82) is 0 Å². The Labute approximate surface area is 148 Å². The summed E-state index contributed by atoms with van der Waals surface area (Å²) in [6.45, 7) is 5.47. The second-order valence-electron chi connectivity index (χ2n) is 5.63. The predicted molar refractivity (Wildman–Crippen MR) is 96.8 cm³/mol. The van der Waals surface area contributed by atoms with Crippen LogP contribution in [0.2, 0.25) is 5.02 Å². The molecule has 0 saturated heterocycles. The van der Waals surface area contributed by atoms with Crippen molar-refractivity contribution in [3.05, 3.63) is 51.2 Å². The molecule has 1 heterocycles. The van der Waals surface area contributed by atoms with Crippen LogP contribution in [0, 0.1) is 3.57 Å². The highest BCUT2D eigenvalue weighted by molar-refractivity contribution is 14.1. The van der Waals surface area contributed by atoms with E-state index < -0.39 is 11.7 Å². The van der Waals surface area contributed by atoms with Crippen LogP contribution in [0.5, 0.6) is 0 Å². The van der Waals surface area contributed by atoms with Gasteiger partial charge in [-0.05, 0) is 73.7 Å². The molecule has 0 aliphatic heterocycles. The number of carbonyl (C=O) groups is 1. The van der Waals surface area contributed by atoms with Crippen molar-refractivity contribution >= 4 is 51.8 Å². The highest BCUT2D eigenvalue weighted by Crippen LogP contribution is 2.29. The van der Waals surface area contributed by atoms with Gasteiger partial charge in [-0.1, -0.05) is 17.7 Å². The van der Waals surface area contributed by atoms with Gasteiger partial charge in [0, 0.05) is 14.8 Å². The molecule has 1 amide bonds. The minimum absolute atomic E-state index is 0.489. The zero-order valence-corrected chi connectivity index (χ0v) is 15.4. The second kappa shape index (κ2) is 6.83. The van der Waals surface area contributed by atoms with Gasteiger partial charge in [-0.25, -0.2) is 14.7 Å². The Kier molecular flexibility index (Phi) is 5.28. The number of benzene rings is 1. The number of hydrogen-bond donors (Lipinski definition) is 0. The van der Waals surface area contributed by atoms with Gasteiger partial charge in [-0.2, -0.15) is 0 Å². The molecule has 0 unspecified atom stereocenters. The molecule has 6 heteroatoms. The third-order valence-corrected chi connectivity index (χ3v) is 3.49. The van der Waals surface area contributed by atoms with E-state index in [0.29, 0.717) is 16.5 Å². The highest BCUT2D eigenvalue weighted by Gasteiger charge is 2.26. The molecule has 0 saturated carbocycles. The lowest BCUT2D eigenvalue weighted by Crippen LogP contribution is -2.34. The van der Waals surface area contributed by atoms with Crippen molar-refractivity contribution in [3.63, 3.8) is 0 Å². The van der Waals surface area contributed by atoms with Gasteiger partial charge in [0.2, 0.25) is 0 Å². The Balaban J connectivity index is 2.47. The Morgan fingerprint density at radius 1 is 1.27 bits per heavy atom. The summed E-state index contributed by atoms with van der Waals surface area (Å²) in [7, 11) is 0. The fraction of sp³-hybridized carbons (Fsp3) is 0.250. The number of rotatable bonds is 2. The molecule has 0 N–H and O–H groups in total. The standard InChI is InChI=1S/C16H16ClIN2O2/c1-16(2,3)22-15(21)20(13-6-4-5-11(17)9-13)14-10-12(18)7-8-19-14/h4-10H,1-3H3. The topological polar surface area (TPSA) is 42.4 Å². The van der Waals surface area contributed by atoms with E-state index in [1.807, 2.05) is 32.9 Å². The Bertz CT molecular complexity index is 640. The zero-order chi connectivity index (χ0) is 16.3. The summed E-state index contributed by atoms with van der Waals surface area (Å²) in [5.74, 6) is 0.489. The highest BCUT2D eigenvalue weighted by atomic mass is 127. The molecule has 1 aromatic heterocycles. The lowest BCUT2D eigenvalue weighted by Gasteiger charge is -2.27. The van der Waals surface area contributed by atoms with E-state index in [0.717, 1.165) is 3.57 Å². The molecule has 0 fully saturated rings. The maximum atomic E-state index is 12.6. The van der Waals surface area contributed by atoms with Crippen LogP contribution in [0.15, 0.2) is 42.6 Å². The van der Waals surface area contributed by atoms with Gasteiger partial charge < -0.3 is 4.74 Å². The van der Waals surface area contributed by atoms with E-state index in [1.165, 1.54) is 4.90 Å². The largest absolute Gasteiger partial charge is 0.443 e. The summed E-state index contributed by atoms with van der Waals surface area (Å²) in [6, 6.07) is 10.7. The number of halogens is 2. The molecule has 0 bridgehead atoms. The number of ether oxygens (including phenoxy) is 1. The number of nitrogens with zero attached hydrogens (tertiary/aromatic N) is 2. The lowest BCUT2D eigenvalue weighted by atomic mass is 10.2. The summed E-state index contributed by atoms with van der Waals surface area (Å²) >= 11 is 8.22. The first-order valence-electron chi connectivity index (χ1n) is 6.66. The Morgan fingerprint density at radius 2 is 2.00 bits per heavy atom. The van der Waals surface area contributed by atoms with Crippen LogP contribution in [-0.2, 0) is 4.74 Å². The second-order valence-corrected chi connectivity index (χ2v) is 7.31. The Hall–Kier alpha value is -1.34. The van der Waals surface area contributed by atoms with Gasteiger partial charge >= 0.3 is 6.09 Å². The first kappa shape index (κ1) is 17.0. The van der Waals surface area contributed by atoms with Crippen molar-refractivity contribution < 1.29 is 9.53 Å². The van der Waals surface area contributed by atoms with Gasteiger partial charge in [0.25, 0.3) is 0 Å².